The highest BCUT2D eigenvalue weighted by atomic mass is 16.4. The van der Waals surface area contributed by atoms with Gasteiger partial charge < -0.3 is 15.5 Å². The SMILES string of the molecule is N#Cc1ccc(NCC(O)CCC(=O)O)cc1. The first-order chi connectivity index (χ1) is 8.11. The van der Waals surface area contributed by atoms with Crippen molar-refractivity contribution in [3.8, 4) is 6.07 Å². The summed E-state index contributed by atoms with van der Waals surface area (Å²) in [4.78, 5) is 10.3. The molecule has 0 amide bonds. The second-order valence-electron chi connectivity index (χ2n) is 3.66. The molecule has 0 aromatic heterocycles. The van der Waals surface area contributed by atoms with E-state index in [2.05, 4.69) is 5.32 Å². The lowest BCUT2D eigenvalue weighted by Crippen LogP contribution is -2.20. The quantitative estimate of drug-likeness (QED) is 0.687. The highest BCUT2D eigenvalue weighted by Gasteiger charge is 2.06. The van der Waals surface area contributed by atoms with Gasteiger partial charge in [0.2, 0.25) is 0 Å². The number of nitrogens with zero attached hydrogens (tertiary/aromatic N) is 1. The zero-order valence-corrected chi connectivity index (χ0v) is 9.26. The highest BCUT2D eigenvalue weighted by Crippen LogP contribution is 2.09. The summed E-state index contributed by atoms with van der Waals surface area (Å²) in [5.74, 6) is -0.914. The molecule has 0 bridgehead atoms. The van der Waals surface area contributed by atoms with Crippen LogP contribution in [0.1, 0.15) is 18.4 Å². The summed E-state index contributed by atoms with van der Waals surface area (Å²) in [6.45, 7) is 0.291. The Bertz CT molecular complexity index is 409. The third kappa shape index (κ3) is 5.00. The zero-order chi connectivity index (χ0) is 12.7. The number of anilines is 1. The van der Waals surface area contributed by atoms with Gasteiger partial charge in [0.05, 0.1) is 17.7 Å². The number of hydrogen-bond acceptors (Lipinski definition) is 4. The molecule has 1 aromatic carbocycles. The minimum Gasteiger partial charge on any atom is -0.481 e. The van der Waals surface area contributed by atoms with E-state index in [4.69, 9.17) is 10.4 Å². The Morgan fingerprint density at radius 3 is 2.59 bits per heavy atom. The molecule has 3 N–H and O–H groups in total. The van der Waals surface area contributed by atoms with Crippen LogP contribution in [-0.2, 0) is 4.79 Å². The van der Waals surface area contributed by atoms with Crippen LogP contribution in [0.25, 0.3) is 0 Å². The Morgan fingerprint density at radius 1 is 1.41 bits per heavy atom. The Hall–Kier alpha value is -2.06. The predicted octanol–water partition coefficient (Wildman–Crippen LogP) is 1.20. The van der Waals surface area contributed by atoms with E-state index >= 15 is 0 Å². The van der Waals surface area contributed by atoms with E-state index in [0.717, 1.165) is 5.69 Å². The molecule has 5 nitrogen and oxygen atoms in total. The van der Waals surface area contributed by atoms with Crippen LogP contribution in [0.5, 0.6) is 0 Å². The van der Waals surface area contributed by atoms with Crippen molar-refractivity contribution in [3.63, 3.8) is 0 Å². The molecule has 0 saturated carbocycles. The third-order valence-corrected chi connectivity index (χ3v) is 2.25. The highest BCUT2D eigenvalue weighted by molar-refractivity contribution is 5.66. The molecule has 17 heavy (non-hydrogen) atoms. The van der Waals surface area contributed by atoms with Crippen molar-refractivity contribution in [2.75, 3.05) is 11.9 Å². The average molecular weight is 234 g/mol. The van der Waals surface area contributed by atoms with Crippen molar-refractivity contribution in [1.29, 1.82) is 5.26 Å². The molecule has 1 atom stereocenters. The zero-order valence-electron chi connectivity index (χ0n) is 9.26. The van der Waals surface area contributed by atoms with Crippen LogP contribution in [0.3, 0.4) is 0 Å². The minimum absolute atomic E-state index is 0.0454. The number of carboxylic acid groups (broad SMARTS) is 1. The topological polar surface area (TPSA) is 93.4 Å². The van der Waals surface area contributed by atoms with Gasteiger partial charge in [0.25, 0.3) is 0 Å². The van der Waals surface area contributed by atoms with Gasteiger partial charge in [-0.15, -0.1) is 0 Å². The molecule has 1 rings (SSSR count). The van der Waals surface area contributed by atoms with Crippen molar-refractivity contribution in [2.24, 2.45) is 0 Å². The van der Waals surface area contributed by atoms with Gasteiger partial charge in [0.1, 0.15) is 0 Å². The van der Waals surface area contributed by atoms with Gasteiger partial charge in [-0.25, -0.2) is 0 Å². The van der Waals surface area contributed by atoms with Crippen LogP contribution in [0.4, 0.5) is 5.69 Å². The summed E-state index contributed by atoms with van der Waals surface area (Å²) in [7, 11) is 0. The standard InChI is InChI=1S/C12H14N2O3/c13-7-9-1-3-10(4-2-9)14-8-11(15)5-6-12(16)17/h1-4,11,14-15H,5-6,8H2,(H,16,17). The summed E-state index contributed by atoms with van der Waals surface area (Å²) >= 11 is 0. The molecule has 0 aliphatic heterocycles. The van der Waals surface area contributed by atoms with Crippen molar-refractivity contribution >= 4 is 11.7 Å². The molecular weight excluding hydrogens is 220 g/mol. The maximum Gasteiger partial charge on any atom is 0.303 e. The van der Waals surface area contributed by atoms with Crippen molar-refractivity contribution in [1.82, 2.24) is 0 Å². The monoisotopic (exact) mass is 234 g/mol. The first-order valence-corrected chi connectivity index (χ1v) is 5.25. The molecule has 90 valence electrons. The van der Waals surface area contributed by atoms with Gasteiger partial charge in [-0.1, -0.05) is 0 Å². The second-order valence-corrected chi connectivity index (χ2v) is 3.66. The Morgan fingerprint density at radius 2 is 2.06 bits per heavy atom. The van der Waals surface area contributed by atoms with Crippen LogP contribution in [0, 0.1) is 11.3 Å². The summed E-state index contributed by atoms with van der Waals surface area (Å²) in [6.07, 6.45) is -0.517. The number of benzene rings is 1. The number of carboxylic acids is 1. The van der Waals surface area contributed by atoms with Crippen LogP contribution < -0.4 is 5.32 Å². The smallest absolute Gasteiger partial charge is 0.303 e. The van der Waals surface area contributed by atoms with E-state index in [1.54, 1.807) is 24.3 Å². The number of aliphatic carboxylic acids is 1. The number of nitriles is 1. The fraction of sp³-hybridized carbons (Fsp3) is 0.333. The summed E-state index contributed by atoms with van der Waals surface area (Å²) in [5, 5.41) is 29.5. The van der Waals surface area contributed by atoms with E-state index in [0.29, 0.717) is 12.1 Å². The lowest BCUT2D eigenvalue weighted by atomic mass is 10.2. The molecular formula is C12H14N2O3. The van der Waals surface area contributed by atoms with E-state index in [-0.39, 0.29) is 12.8 Å². The number of rotatable bonds is 6. The Kier molecular flexibility index (Phi) is 4.98. The van der Waals surface area contributed by atoms with Gasteiger partial charge in [0.15, 0.2) is 0 Å². The molecule has 0 saturated heterocycles. The van der Waals surface area contributed by atoms with Gasteiger partial charge >= 0.3 is 5.97 Å². The predicted molar refractivity (Wildman–Crippen MR) is 62.5 cm³/mol. The van der Waals surface area contributed by atoms with Crippen molar-refractivity contribution in [3.05, 3.63) is 29.8 Å². The lowest BCUT2D eigenvalue weighted by molar-refractivity contribution is -0.137. The maximum atomic E-state index is 10.3. The van der Waals surface area contributed by atoms with Gasteiger partial charge in [-0.2, -0.15) is 5.26 Å². The van der Waals surface area contributed by atoms with Gasteiger partial charge in [-0.05, 0) is 30.7 Å². The fourth-order valence-electron chi connectivity index (χ4n) is 1.29. The number of nitrogens with one attached hydrogen (secondary N) is 1. The van der Waals surface area contributed by atoms with Crippen LogP contribution in [-0.4, -0.2) is 28.8 Å². The van der Waals surface area contributed by atoms with Crippen LogP contribution in [0.15, 0.2) is 24.3 Å². The molecule has 1 unspecified atom stereocenters. The molecule has 0 fully saturated rings. The first kappa shape index (κ1) is 13.0. The fourth-order valence-corrected chi connectivity index (χ4v) is 1.29. The number of carbonyl (C=O) groups is 1. The number of aliphatic hydroxyl groups is 1. The first-order valence-electron chi connectivity index (χ1n) is 5.25. The third-order valence-electron chi connectivity index (χ3n) is 2.25. The normalized spacial score (nSPS) is 11.5. The molecule has 1 aromatic rings. The molecule has 0 radical (unpaired) electrons. The molecule has 5 heteroatoms. The van der Waals surface area contributed by atoms with Crippen LogP contribution >= 0.6 is 0 Å². The Labute approximate surface area is 99.3 Å². The van der Waals surface area contributed by atoms with Crippen LogP contribution in [0.2, 0.25) is 0 Å². The maximum absolute atomic E-state index is 10.3. The second kappa shape index (κ2) is 6.51. The molecule has 0 aliphatic carbocycles. The molecule has 0 heterocycles. The van der Waals surface area contributed by atoms with Crippen molar-refractivity contribution < 1.29 is 15.0 Å². The lowest BCUT2D eigenvalue weighted by Gasteiger charge is -2.11. The summed E-state index contributed by atoms with van der Waals surface area (Å²) in [5.41, 5.74) is 1.36. The van der Waals surface area contributed by atoms with Gasteiger partial charge in [-0.3, -0.25) is 4.79 Å². The Balaban J connectivity index is 2.34. The summed E-state index contributed by atoms with van der Waals surface area (Å²) in [6, 6.07) is 8.83. The minimum atomic E-state index is -0.914. The van der Waals surface area contributed by atoms with E-state index < -0.39 is 12.1 Å². The van der Waals surface area contributed by atoms with E-state index in [9.17, 15) is 9.90 Å². The number of aliphatic hydroxyl groups excluding tert-OH is 1. The number of hydrogen-bond donors (Lipinski definition) is 3. The molecule has 0 aliphatic rings. The summed E-state index contributed by atoms with van der Waals surface area (Å²) < 4.78 is 0. The largest absolute Gasteiger partial charge is 0.481 e. The molecule has 0 spiro atoms. The van der Waals surface area contributed by atoms with Crippen molar-refractivity contribution in [2.45, 2.75) is 18.9 Å². The van der Waals surface area contributed by atoms with E-state index in [1.165, 1.54) is 0 Å². The van der Waals surface area contributed by atoms with E-state index in [1.807, 2.05) is 6.07 Å². The average Bonchev–Trinajstić information content (AvgIpc) is 2.34. The van der Waals surface area contributed by atoms with Gasteiger partial charge in [0, 0.05) is 18.7 Å².